The van der Waals surface area contributed by atoms with E-state index in [2.05, 4.69) is 5.32 Å². The lowest BCUT2D eigenvalue weighted by molar-refractivity contribution is -0.139. The van der Waals surface area contributed by atoms with Crippen molar-refractivity contribution in [3.05, 3.63) is 0 Å². The molecule has 0 aromatic carbocycles. The van der Waals surface area contributed by atoms with Crippen molar-refractivity contribution < 1.29 is 14.7 Å². The number of nitrogens with zero attached hydrogens (tertiary/aromatic N) is 1. The summed E-state index contributed by atoms with van der Waals surface area (Å²) in [5.41, 5.74) is 0. The minimum Gasteiger partial charge on any atom is -0.480 e. The predicted molar refractivity (Wildman–Crippen MR) is 63.7 cm³/mol. The van der Waals surface area contributed by atoms with Gasteiger partial charge in [0.15, 0.2) is 0 Å². The molecule has 0 unspecified atom stereocenters. The topological polar surface area (TPSA) is 69.6 Å². The highest BCUT2D eigenvalue weighted by atomic mass is 32.2. The molecule has 0 bridgehead atoms. The molecule has 2 N–H and O–H groups in total. The van der Waals surface area contributed by atoms with Crippen LogP contribution in [0.5, 0.6) is 0 Å². The normalized spacial score (nSPS) is 16.6. The molecular weight excluding hydrogens is 228 g/mol. The van der Waals surface area contributed by atoms with Crippen LogP contribution in [0.15, 0.2) is 0 Å². The van der Waals surface area contributed by atoms with Crippen molar-refractivity contribution in [2.75, 3.05) is 19.1 Å². The number of carbonyl (C=O) groups excluding carboxylic acids is 1. The lowest BCUT2D eigenvalue weighted by atomic mass is 10.2. The Morgan fingerprint density at radius 1 is 1.56 bits per heavy atom. The molecule has 92 valence electrons. The summed E-state index contributed by atoms with van der Waals surface area (Å²) < 4.78 is 0. The van der Waals surface area contributed by atoms with Crippen LogP contribution in [-0.4, -0.2) is 53.1 Å². The molecule has 0 heterocycles. The number of carboxylic acids is 1. The first-order valence-corrected chi connectivity index (χ1v) is 6.70. The standard InChI is InChI=1S/C10H18N2O3S/c1-12(7-3-4-7)10(15)11-8(9(13)14)5-6-16-2/h7-8H,3-6H2,1-2H3,(H,11,15)(H,13,14)/t8-/m1/s1. The lowest BCUT2D eigenvalue weighted by Gasteiger charge is -2.20. The van der Waals surface area contributed by atoms with Crippen LogP contribution in [-0.2, 0) is 4.79 Å². The fraction of sp³-hybridized carbons (Fsp3) is 0.800. The average Bonchev–Trinajstić information content (AvgIpc) is 3.05. The minimum atomic E-state index is -0.966. The highest BCUT2D eigenvalue weighted by Crippen LogP contribution is 2.25. The van der Waals surface area contributed by atoms with E-state index in [0.717, 1.165) is 18.6 Å². The minimum absolute atomic E-state index is 0.281. The third-order valence-electron chi connectivity index (χ3n) is 2.62. The van der Waals surface area contributed by atoms with E-state index in [0.29, 0.717) is 12.5 Å². The van der Waals surface area contributed by atoms with Crippen LogP contribution < -0.4 is 5.32 Å². The Morgan fingerprint density at radius 2 is 2.19 bits per heavy atom. The SMILES string of the molecule is CSCC[C@@H](NC(=O)N(C)C1CC1)C(=O)O. The molecule has 0 aliphatic heterocycles. The van der Waals surface area contributed by atoms with Crippen LogP contribution in [0.4, 0.5) is 4.79 Å². The smallest absolute Gasteiger partial charge is 0.326 e. The second-order valence-corrected chi connectivity index (χ2v) is 4.95. The van der Waals surface area contributed by atoms with Gasteiger partial charge in [0.1, 0.15) is 6.04 Å². The number of hydrogen-bond acceptors (Lipinski definition) is 3. The number of rotatable bonds is 6. The van der Waals surface area contributed by atoms with Gasteiger partial charge < -0.3 is 15.3 Å². The molecule has 1 saturated carbocycles. The highest BCUT2D eigenvalue weighted by Gasteiger charge is 2.31. The van der Waals surface area contributed by atoms with Crippen LogP contribution in [0.3, 0.4) is 0 Å². The molecule has 16 heavy (non-hydrogen) atoms. The number of urea groups is 1. The van der Waals surface area contributed by atoms with Gasteiger partial charge in [-0.2, -0.15) is 11.8 Å². The first-order valence-electron chi connectivity index (χ1n) is 5.31. The van der Waals surface area contributed by atoms with E-state index in [1.54, 1.807) is 23.7 Å². The maximum atomic E-state index is 11.6. The molecule has 6 heteroatoms. The molecular formula is C10H18N2O3S. The van der Waals surface area contributed by atoms with Crippen LogP contribution in [0.1, 0.15) is 19.3 Å². The van der Waals surface area contributed by atoms with Gasteiger partial charge in [0.05, 0.1) is 0 Å². The zero-order chi connectivity index (χ0) is 12.1. The number of amides is 2. The van der Waals surface area contributed by atoms with Crippen molar-refractivity contribution >= 4 is 23.8 Å². The van der Waals surface area contributed by atoms with E-state index in [1.807, 2.05) is 6.26 Å². The van der Waals surface area contributed by atoms with Gasteiger partial charge in [-0.3, -0.25) is 0 Å². The molecule has 5 nitrogen and oxygen atoms in total. The molecule has 1 aliphatic rings. The van der Waals surface area contributed by atoms with Crippen molar-refractivity contribution in [2.45, 2.75) is 31.3 Å². The van der Waals surface area contributed by atoms with Crippen LogP contribution in [0, 0.1) is 0 Å². The van der Waals surface area contributed by atoms with Crippen molar-refractivity contribution in [2.24, 2.45) is 0 Å². The number of aliphatic carboxylic acids is 1. The third-order valence-corrected chi connectivity index (χ3v) is 3.27. The van der Waals surface area contributed by atoms with Crippen LogP contribution in [0.25, 0.3) is 0 Å². The van der Waals surface area contributed by atoms with Gasteiger partial charge in [-0.05, 0) is 31.3 Å². The molecule has 0 aromatic heterocycles. The summed E-state index contributed by atoms with van der Waals surface area (Å²) in [6, 6.07) is -0.757. The predicted octanol–water partition coefficient (Wildman–Crippen LogP) is 0.996. The van der Waals surface area contributed by atoms with Crippen molar-refractivity contribution in [1.82, 2.24) is 10.2 Å². The molecule has 0 aromatic rings. The summed E-state index contributed by atoms with van der Waals surface area (Å²) in [4.78, 5) is 24.1. The molecule has 0 spiro atoms. The fourth-order valence-corrected chi connectivity index (χ4v) is 1.84. The molecule has 2 amide bonds. The van der Waals surface area contributed by atoms with Gasteiger partial charge >= 0.3 is 12.0 Å². The highest BCUT2D eigenvalue weighted by molar-refractivity contribution is 7.98. The molecule has 1 fully saturated rings. The Hall–Kier alpha value is -0.910. The number of hydrogen-bond donors (Lipinski definition) is 2. The second-order valence-electron chi connectivity index (χ2n) is 3.96. The Morgan fingerprint density at radius 3 is 2.62 bits per heavy atom. The van der Waals surface area contributed by atoms with Crippen molar-refractivity contribution in [1.29, 1.82) is 0 Å². The first kappa shape index (κ1) is 13.2. The zero-order valence-corrected chi connectivity index (χ0v) is 10.4. The summed E-state index contributed by atoms with van der Waals surface area (Å²) in [5, 5.41) is 11.5. The first-order chi connectivity index (χ1) is 7.56. The van der Waals surface area contributed by atoms with Gasteiger partial charge in [-0.25, -0.2) is 9.59 Å². The van der Waals surface area contributed by atoms with Gasteiger partial charge in [0.2, 0.25) is 0 Å². The molecule has 1 atom stereocenters. The van der Waals surface area contributed by atoms with E-state index in [-0.39, 0.29) is 6.03 Å². The Bertz CT molecular complexity index is 269. The van der Waals surface area contributed by atoms with Gasteiger partial charge in [-0.15, -0.1) is 0 Å². The molecule has 1 rings (SSSR count). The lowest BCUT2D eigenvalue weighted by Crippen LogP contribution is -2.47. The van der Waals surface area contributed by atoms with E-state index >= 15 is 0 Å². The van der Waals surface area contributed by atoms with Crippen molar-refractivity contribution in [3.8, 4) is 0 Å². The van der Waals surface area contributed by atoms with E-state index in [9.17, 15) is 9.59 Å². The largest absolute Gasteiger partial charge is 0.480 e. The van der Waals surface area contributed by atoms with E-state index in [1.165, 1.54) is 0 Å². The fourth-order valence-electron chi connectivity index (χ4n) is 1.37. The summed E-state index contributed by atoms with van der Waals surface area (Å²) >= 11 is 1.57. The summed E-state index contributed by atoms with van der Waals surface area (Å²) in [6.07, 6.45) is 4.41. The number of carboxylic acid groups (broad SMARTS) is 1. The zero-order valence-electron chi connectivity index (χ0n) is 9.60. The van der Waals surface area contributed by atoms with Gasteiger partial charge in [0.25, 0.3) is 0 Å². The van der Waals surface area contributed by atoms with Crippen LogP contribution in [0.2, 0.25) is 0 Å². The Kier molecular flexibility index (Phi) is 4.92. The Balaban J connectivity index is 2.40. The summed E-state index contributed by atoms with van der Waals surface area (Å²) in [5.74, 6) is -0.240. The number of nitrogens with one attached hydrogen (secondary N) is 1. The van der Waals surface area contributed by atoms with Crippen LogP contribution >= 0.6 is 11.8 Å². The Labute approximate surface area is 99.6 Å². The van der Waals surface area contributed by atoms with Gasteiger partial charge in [-0.1, -0.05) is 0 Å². The summed E-state index contributed by atoms with van der Waals surface area (Å²) in [6.45, 7) is 0. The third kappa shape index (κ3) is 3.92. The maximum Gasteiger partial charge on any atom is 0.326 e. The average molecular weight is 246 g/mol. The van der Waals surface area contributed by atoms with E-state index < -0.39 is 12.0 Å². The van der Waals surface area contributed by atoms with E-state index in [4.69, 9.17) is 5.11 Å². The monoisotopic (exact) mass is 246 g/mol. The second kappa shape index (κ2) is 5.98. The maximum absolute atomic E-state index is 11.6. The molecule has 1 aliphatic carbocycles. The molecule has 0 saturated heterocycles. The number of thioether (sulfide) groups is 1. The van der Waals surface area contributed by atoms with Gasteiger partial charge in [0, 0.05) is 13.1 Å². The quantitative estimate of drug-likeness (QED) is 0.733. The number of carbonyl (C=O) groups is 2. The molecule has 0 radical (unpaired) electrons. The van der Waals surface area contributed by atoms with Crippen molar-refractivity contribution in [3.63, 3.8) is 0 Å². The summed E-state index contributed by atoms with van der Waals surface area (Å²) in [7, 11) is 1.71.